The molecule has 8 nitrogen and oxygen atoms in total. The molecule has 0 bridgehead atoms. The molecule has 0 spiro atoms. The molecule has 0 aliphatic heterocycles. The van der Waals surface area contributed by atoms with Crippen molar-refractivity contribution in [2.24, 2.45) is 0 Å². The number of nitrogens with zero attached hydrogens (tertiary/aromatic N) is 3. The fourth-order valence-electron chi connectivity index (χ4n) is 4.59. The summed E-state index contributed by atoms with van der Waals surface area (Å²) >= 11 is 0. The van der Waals surface area contributed by atoms with Crippen molar-refractivity contribution in [2.45, 2.75) is 55.4 Å². The van der Waals surface area contributed by atoms with Gasteiger partial charge in [-0.2, -0.15) is 9.37 Å². The van der Waals surface area contributed by atoms with E-state index in [1.54, 1.807) is 43.3 Å². The monoisotopic (exact) mass is 551 g/mol. The summed E-state index contributed by atoms with van der Waals surface area (Å²) in [6.07, 6.45) is 2.75. The van der Waals surface area contributed by atoms with Crippen molar-refractivity contribution in [2.75, 3.05) is 6.61 Å². The Bertz CT molecular complexity index is 1620. The largest absolute Gasteiger partial charge is 0.492 e. The molecule has 0 amide bonds. The number of aryl methyl sites for hydroxylation is 2. The summed E-state index contributed by atoms with van der Waals surface area (Å²) in [6.45, 7) is 3.19. The molecule has 1 atom stereocenters. The normalized spacial score (nSPS) is 12.4. The zero-order valence-corrected chi connectivity index (χ0v) is 22.5. The minimum absolute atomic E-state index is 0.197. The summed E-state index contributed by atoms with van der Waals surface area (Å²) in [6, 6.07) is 16.3. The number of aliphatic hydroxyl groups excluding tert-OH is 1. The number of halogens is 1. The lowest BCUT2D eigenvalue weighted by atomic mass is 10.1. The van der Waals surface area contributed by atoms with Crippen LogP contribution in [0, 0.1) is 12.9 Å². The van der Waals surface area contributed by atoms with E-state index in [9.17, 15) is 27.8 Å². The second-order valence-corrected chi connectivity index (χ2v) is 11.1. The Hall–Kier alpha value is -3.89. The number of rotatable bonds is 10. The number of sulfone groups is 1. The summed E-state index contributed by atoms with van der Waals surface area (Å²) in [5.74, 6) is -1.30. The zero-order chi connectivity index (χ0) is 28.2. The molecular weight excluding hydrogens is 521 g/mol. The molecule has 0 fully saturated rings. The first-order valence-electron chi connectivity index (χ1n) is 12.7. The Morgan fingerprint density at radius 2 is 1.67 bits per heavy atom. The predicted octanol–water partition coefficient (Wildman–Crippen LogP) is 4.61. The van der Waals surface area contributed by atoms with Gasteiger partial charge >= 0.3 is 0 Å². The van der Waals surface area contributed by atoms with Gasteiger partial charge in [0.05, 0.1) is 17.5 Å². The third-order valence-electron chi connectivity index (χ3n) is 6.60. The first kappa shape index (κ1) is 28.1. The molecule has 39 heavy (non-hydrogen) atoms. The summed E-state index contributed by atoms with van der Waals surface area (Å²) in [7, 11) is -4.51. The Morgan fingerprint density at radius 3 is 2.28 bits per heavy atom. The molecule has 2 heterocycles. The van der Waals surface area contributed by atoms with E-state index in [2.05, 4.69) is 9.97 Å². The van der Waals surface area contributed by atoms with E-state index in [0.717, 1.165) is 12.8 Å². The van der Waals surface area contributed by atoms with Crippen molar-refractivity contribution in [3.63, 3.8) is 0 Å². The maximum absolute atomic E-state index is 13.8. The van der Waals surface area contributed by atoms with Crippen LogP contribution in [-0.4, -0.2) is 39.8 Å². The van der Waals surface area contributed by atoms with Crippen LogP contribution in [0.25, 0.3) is 11.1 Å². The topological polar surface area (TPSA) is 122 Å². The lowest BCUT2D eigenvalue weighted by molar-refractivity contribution is 0.240. The van der Waals surface area contributed by atoms with Crippen molar-refractivity contribution >= 4 is 9.84 Å². The van der Waals surface area contributed by atoms with Gasteiger partial charge in [0.15, 0.2) is 4.90 Å². The van der Waals surface area contributed by atoms with E-state index >= 15 is 0 Å². The van der Waals surface area contributed by atoms with Gasteiger partial charge in [-0.1, -0.05) is 62.2 Å². The lowest BCUT2D eigenvalue weighted by Crippen LogP contribution is -2.35. The number of aromatic hydroxyl groups is 1. The molecule has 0 saturated carbocycles. The molecular formula is C29H30FN3O5S. The van der Waals surface area contributed by atoms with Crippen LogP contribution >= 0.6 is 0 Å². The molecule has 204 valence electrons. The van der Waals surface area contributed by atoms with Gasteiger partial charge in [0.1, 0.15) is 5.82 Å². The van der Waals surface area contributed by atoms with Gasteiger partial charge in [-0.05, 0) is 48.7 Å². The highest BCUT2D eigenvalue weighted by Crippen LogP contribution is 2.30. The minimum Gasteiger partial charge on any atom is -0.492 e. The summed E-state index contributed by atoms with van der Waals surface area (Å²) in [4.78, 5) is 20.7. The Kier molecular flexibility index (Phi) is 8.57. The number of pyridine rings is 1. The highest BCUT2D eigenvalue weighted by atomic mass is 32.2. The Balaban J connectivity index is 1.84. The van der Waals surface area contributed by atoms with Gasteiger partial charge < -0.3 is 10.2 Å². The van der Waals surface area contributed by atoms with Gasteiger partial charge in [0.2, 0.25) is 21.7 Å². The summed E-state index contributed by atoms with van der Waals surface area (Å²) in [5.41, 5.74) is 1.30. The van der Waals surface area contributed by atoms with Gasteiger partial charge in [0, 0.05) is 17.7 Å². The number of unbranched alkanes of at least 4 members (excludes halogenated alkanes) is 2. The molecule has 0 aliphatic rings. The molecule has 4 aromatic rings. The average molecular weight is 552 g/mol. The smallest absolute Gasteiger partial charge is 0.277 e. The molecule has 10 heteroatoms. The Labute approximate surface area is 226 Å². The van der Waals surface area contributed by atoms with Crippen molar-refractivity contribution in [3.05, 3.63) is 100 Å². The molecule has 2 aromatic carbocycles. The number of benzene rings is 2. The van der Waals surface area contributed by atoms with Crippen molar-refractivity contribution in [3.8, 4) is 17.0 Å². The number of aromatic nitrogens is 3. The van der Waals surface area contributed by atoms with Crippen LogP contribution in [0.1, 0.15) is 49.3 Å². The first-order chi connectivity index (χ1) is 18.7. The maximum atomic E-state index is 13.8. The maximum Gasteiger partial charge on any atom is 0.277 e. The van der Waals surface area contributed by atoms with Gasteiger partial charge in [0.25, 0.3) is 5.56 Å². The molecule has 0 saturated heterocycles. The summed E-state index contributed by atoms with van der Waals surface area (Å²) in [5, 5.41) is 21.0. The fraction of sp³-hybridized carbons (Fsp3) is 0.276. The number of hydrogen-bond acceptors (Lipinski definition) is 7. The quantitative estimate of drug-likeness (QED) is 0.218. The van der Waals surface area contributed by atoms with Crippen LogP contribution in [0.2, 0.25) is 0 Å². The van der Waals surface area contributed by atoms with E-state index in [4.69, 9.17) is 0 Å². The predicted molar refractivity (Wildman–Crippen MR) is 145 cm³/mol. The first-order valence-corrected chi connectivity index (χ1v) is 14.2. The van der Waals surface area contributed by atoms with Crippen molar-refractivity contribution in [1.29, 1.82) is 0 Å². The van der Waals surface area contributed by atoms with E-state index < -0.39 is 44.8 Å². The second-order valence-electron chi connectivity index (χ2n) is 9.22. The van der Waals surface area contributed by atoms with Crippen molar-refractivity contribution < 1.29 is 23.0 Å². The van der Waals surface area contributed by atoms with Crippen LogP contribution in [0.15, 0.2) is 81.3 Å². The van der Waals surface area contributed by atoms with E-state index in [1.165, 1.54) is 34.9 Å². The highest BCUT2D eigenvalue weighted by Gasteiger charge is 2.31. The lowest BCUT2D eigenvalue weighted by Gasteiger charge is -2.23. The molecule has 2 N–H and O–H groups in total. The van der Waals surface area contributed by atoms with Gasteiger partial charge in [-0.3, -0.25) is 9.36 Å². The van der Waals surface area contributed by atoms with Crippen LogP contribution in [0.5, 0.6) is 5.88 Å². The standard InChI is InChI=1S/C29H30FN3O5S/c1-3-4-6-11-26-32-28(35)27(29(36)33(26)24(18-34)21-9-7-5-8-10-21)39(37,38)22-14-12-20(13-15-22)23-16-17-25(30)31-19(23)2/h5,7-10,12-17,24,34-35H,3-4,6,11,18H2,1-2H3/t24-/m0/s1. The van der Waals surface area contributed by atoms with E-state index in [-0.39, 0.29) is 10.7 Å². The van der Waals surface area contributed by atoms with Crippen LogP contribution in [-0.2, 0) is 16.3 Å². The molecule has 0 unspecified atom stereocenters. The summed E-state index contributed by atoms with van der Waals surface area (Å²) < 4.78 is 41.9. The van der Waals surface area contributed by atoms with Crippen LogP contribution in [0.4, 0.5) is 4.39 Å². The van der Waals surface area contributed by atoms with E-state index in [0.29, 0.717) is 35.2 Å². The van der Waals surface area contributed by atoms with Gasteiger partial charge in [-0.25, -0.2) is 13.4 Å². The fourth-order valence-corrected chi connectivity index (χ4v) is 5.94. The zero-order valence-electron chi connectivity index (χ0n) is 21.7. The molecule has 4 rings (SSSR count). The van der Waals surface area contributed by atoms with Crippen molar-refractivity contribution in [1.82, 2.24) is 14.5 Å². The Morgan fingerprint density at radius 1 is 0.974 bits per heavy atom. The number of aliphatic hydroxyl groups is 1. The second kappa shape index (κ2) is 11.9. The average Bonchev–Trinajstić information content (AvgIpc) is 2.91. The number of hydrogen-bond donors (Lipinski definition) is 2. The molecule has 0 aliphatic carbocycles. The van der Waals surface area contributed by atoms with Crippen LogP contribution < -0.4 is 5.56 Å². The van der Waals surface area contributed by atoms with E-state index in [1.807, 2.05) is 6.92 Å². The molecule has 2 aromatic heterocycles. The third kappa shape index (κ3) is 5.76. The minimum atomic E-state index is -4.51. The highest BCUT2D eigenvalue weighted by molar-refractivity contribution is 7.91. The third-order valence-corrected chi connectivity index (χ3v) is 8.39. The SMILES string of the molecule is CCCCCc1nc(O)c(S(=O)(=O)c2ccc(-c3ccc(F)nc3C)cc2)c(=O)n1[C@@H](CO)c1ccccc1. The van der Waals surface area contributed by atoms with Gasteiger partial charge in [-0.15, -0.1) is 0 Å². The van der Waals surface area contributed by atoms with Crippen LogP contribution in [0.3, 0.4) is 0 Å². The molecule has 0 radical (unpaired) electrons.